The van der Waals surface area contributed by atoms with Crippen LogP contribution in [0.2, 0.25) is 0 Å². The van der Waals surface area contributed by atoms with E-state index < -0.39 is 22.5 Å². The summed E-state index contributed by atoms with van der Waals surface area (Å²) in [7, 11) is 3.01. The summed E-state index contributed by atoms with van der Waals surface area (Å²) in [5.41, 5.74) is 0.521. The van der Waals surface area contributed by atoms with Crippen LogP contribution in [0, 0.1) is 0 Å². The Morgan fingerprint density at radius 1 is 0.202 bits per heavy atom. The molecule has 440 valence electrons. The molecule has 0 spiro atoms. The lowest BCUT2D eigenvalue weighted by atomic mass is 9.88. The maximum Gasteiger partial charge on any atom is 0.346 e. The molecule has 0 saturated heterocycles. The molecular weight excluding hydrogens is 1190 g/mol. The van der Waals surface area contributed by atoms with Crippen molar-refractivity contribution in [1.29, 1.82) is 0 Å². The van der Waals surface area contributed by atoms with Crippen LogP contribution in [0.1, 0.15) is 0 Å². The second kappa shape index (κ2) is 17.0. The van der Waals surface area contributed by atoms with Gasteiger partial charge in [0.05, 0.1) is 21.5 Å². The van der Waals surface area contributed by atoms with Gasteiger partial charge in [0.2, 0.25) is 0 Å². The van der Waals surface area contributed by atoms with Gasteiger partial charge in [-0.15, -0.1) is 0 Å². The van der Waals surface area contributed by atoms with Crippen LogP contribution in [0.4, 0.5) is 0 Å². The Labute approximate surface area is 517 Å². The molecule has 0 saturated carbocycles. The summed E-state index contributed by atoms with van der Waals surface area (Å²) in [6.07, 6.45) is 0. The zero-order valence-corrected chi connectivity index (χ0v) is 48.8. The number of fused-ring (bicyclic) bond motifs is 16. The molecule has 16 nitrogen and oxygen atoms in total. The second-order valence-electron chi connectivity index (χ2n) is 24.4. The predicted molar refractivity (Wildman–Crippen MR) is 369 cm³/mol. The highest BCUT2D eigenvalue weighted by Crippen LogP contribution is 2.51. The smallest absolute Gasteiger partial charge is 0.346 e. The Kier molecular flexibility index (Phi) is 9.20. The van der Waals surface area contributed by atoms with E-state index in [0.717, 1.165) is 84.5 Å². The van der Waals surface area contributed by atoms with Crippen LogP contribution in [0.5, 0.6) is 0 Å². The van der Waals surface area contributed by atoms with Crippen molar-refractivity contribution < 1.29 is 26.5 Å². The van der Waals surface area contributed by atoms with Gasteiger partial charge in [0.15, 0.2) is 0 Å². The molecule has 8 aromatic heterocycles. The van der Waals surface area contributed by atoms with Gasteiger partial charge < -0.3 is 26.5 Å². The van der Waals surface area contributed by atoms with Crippen molar-refractivity contribution in [3.8, 4) is 0 Å². The first-order valence-corrected chi connectivity index (χ1v) is 30.1. The minimum atomic E-state index is -0.711. The van der Waals surface area contributed by atoms with E-state index in [1.54, 1.807) is 48.5 Å². The van der Waals surface area contributed by atoms with Gasteiger partial charge >= 0.3 is 22.5 Å². The summed E-state index contributed by atoms with van der Waals surface area (Å²) < 4.78 is 39.4. The molecular formula is C78H34N2O14. The van der Waals surface area contributed by atoms with Gasteiger partial charge in [-0.2, -0.15) is 0 Å². The number of benzene rings is 14. The van der Waals surface area contributed by atoms with Gasteiger partial charge in [0.25, 0.3) is 22.2 Å². The van der Waals surface area contributed by atoms with Crippen LogP contribution >= 0.6 is 0 Å². The molecule has 22 aromatic rings. The van der Waals surface area contributed by atoms with Crippen molar-refractivity contribution in [2.24, 2.45) is 14.1 Å². The molecule has 8 heterocycles. The summed E-state index contributed by atoms with van der Waals surface area (Å²) in [5.74, 6) is 0. The van der Waals surface area contributed by atoms with Crippen molar-refractivity contribution in [2.45, 2.75) is 0 Å². The molecule has 0 radical (unpaired) electrons. The zero-order valence-electron chi connectivity index (χ0n) is 48.8. The summed E-state index contributed by atoms with van der Waals surface area (Å²) >= 11 is 0. The van der Waals surface area contributed by atoms with E-state index in [-0.39, 0.29) is 33.0 Å². The third kappa shape index (κ3) is 5.99. The summed E-state index contributed by atoms with van der Waals surface area (Å²) in [6, 6.07) is 52.1. The van der Waals surface area contributed by atoms with E-state index in [2.05, 4.69) is 0 Å². The fourth-order valence-electron chi connectivity index (χ4n) is 16.1. The first-order valence-electron chi connectivity index (χ1n) is 30.1. The predicted octanol–water partition coefficient (Wildman–Crippen LogP) is 15.3. The van der Waals surface area contributed by atoms with Gasteiger partial charge in [-0.05, 0) is 94.3 Å². The van der Waals surface area contributed by atoms with Crippen LogP contribution in [0.25, 0.3) is 217 Å². The molecule has 0 fully saturated rings. The topological polar surface area (TPSA) is 225 Å². The molecule has 0 N–H and O–H groups in total. The largest absolute Gasteiger partial charge is 0.455 e. The van der Waals surface area contributed by atoms with Crippen molar-refractivity contribution in [2.75, 3.05) is 0 Å². The number of rotatable bonds is 0. The van der Waals surface area contributed by atoms with Gasteiger partial charge in [-0.25, -0.2) is 19.2 Å². The normalized spacial score (nSPS) is 12.7. The molecule has 0 aliphatic heterocycles. The fraction of sp³-hybridized carbons (Fsp3) is 0.0256. The lowest BCUT2D eigenvalue weighted by molar-refractivity contribution is 0.488. The van der Waals surface area contributed by atoms with E-state index in [0.29, 0.717) is 131 Å². The van der Waals surface area contributed by atoms with Gasteiger partial charge in [0.1, 0.15) is 44.7 Å². The highest BCUT2D eigenvalue weighted by molar-refractivity contribution is 6.44. The molecule has 0 bridgehead atoms. The Hall–Kier alpha value is -13.1. The third-order valence-corrected chi connectivity index (χ3v) is 19.9. The van der Waals surface area contributed by atoms with E-state index in [4.69, 9.17) is 26.5 Å². The number of pyridine rings is 2. The Morgan fingerprint density at radius 3 is 0.734 bits per heavy atom. The second-order valence-corrected chi connectivity index (χ2v) is 24.4. The quantitative estimate of drug-likeness (QED) is 0.102. The van der Waals surface area contributed by atoms with E-state index in [1.807, 2.05) is 121 Å². The molecule has 22 rings (SSSR count). The fourth-order valence-corrected chi connectivity index (χ4v) is 16.1. The highest BCUT2D eigenvalue weighted by Gasteiger charge is 2.28. The summed E-state index contributed by atoms with van der Waals surface area (Å²) in [5, 5.41) is 21.1. The first-order chi connectivity index (χ1) is 45.8. The number of hydrogen-bond acceptors (Lipinski definition) is 14. The minimum absolute atomic E-state index is 0.289. The van der Waals surface area contributed by atoms with Crippen LogP contribution in [-0.2, 0) is 14.1 Å². The maximum atomic E-state index is 13.6. The molecule has 0 aliphatic carbocycles. The molecule has 0 atom stereocenters. The molecule has 14 aromatic carbocycles. The van der Waals surface area contributed by atoms with Gasteiger partial charge in [0, 0.05) is 143 Å². The Bertz CT molecular complexity index is 7490. The van der Waals surface area contributed by atoms with Crippen molar-refractivity contribution in [1.82, 2.24) is 9.13 Å². The third-order valence-electron chi connectivity index (χ3n) is 19.9. The van der Waals surface area contributed by atoms with E-state index >= 15 is 0 Å². The maximum absolute atomic E-state index is 13.6. The van der Waals surface area contributed by atoms with Crippen molar-refractivity contribution in [3.63, 3.8) is 0 Å². The van der Waals surface area contributed by atoms with Crippen molar-refractivity contribution in [3.05, 3.63) is 253 Å². The molecule has 16 heteroatoms. The monoisotopic (exact) mass is 1220 g/mol. The SMILES string of the molecule is Cn1c(=O)c2cccc3c4oc5cccc6c5c(c4cc(c1=O)c23)c1cccc2oc3c4cccc5c(=O)n(C)c(=O)c(cc3c6c21)c54.O=c1oc(=O)c2cc3c(oc4cccc5c4c3c3cccc4oc6c7cccc8c(=O)oc(=O)c(cc6c5c43)c87)c3cccc1c23. The number of nitrogens with zero attached hydrogens (tertiary/aromatic N) is 2. The first kappa shape index (κ1) is 50.7. The summed E-state index contributed by atoms with van der Waals surface area (Å²) in [4.78, 5) is 105. The minimum Gasteiger partial charge on any atom is -0.455 e. The standard InChI is InChI=1S/C40H20N2O6.C38H14O8/c1-41-37(43)21-11-3-9-19-29(21)25(39(41)45)15-23-31-17-7-5-14-28-34(17)32(18-8-6-13-27(33(18)31)47-35(19)23)24-16-26-30-20(36(24)48-28)10-4-12-22(30)38(44)42(2)40(26)46;39-35-19-9-1-7-17-27(19)23(37(41)45-35)13-21-29-15-5-4-12-26-32(15)30(16-6-3-11-25(31(16)29)43-33(17)21)22-14-24-28-18(34(22)44-26)8-2-10-20(28)36(40)46-38(24)42/h3-16H,1-2H3;1-14H. The Balaban J connectivity index is 0.000000126. The van der Waals surface area contributed by atoms with Crippen LogP contribution < -0.4 is 44.7 Å². The van der Waals surface area contributed by atoms with Crippen LogP contribution in [-0.4, -0.2) is 9.13 Å². The lowest BCUT2D eigenvalue weighted by Crippen LogP contribution is -2.30. The van der Waals surface area contributed by atoms with E-state index in [9.17, 15) is 38.4 Å². The van der Waals surface area contributed by atoms with Crippen LogP contribution in [0.3, 0.4) is 0 Å². The Morgan fingerprint density at radius 2 is 0.426 bits per heavy atom. The molecule has 94 heavy (non-hydrogen) atoms. The average molecular weight is 1220 g/mol. The lowest BCUT2D eigenvalue weighted by Gasteiger charge is -2.19. The zero-order chi connectivity index (χ0) is 62.9. The van der Waals surface area contributed by atoms with Crippen molar-refractivity contribution >= 4 is 217 Å². The van der Waals surface area contributed by atoms with Crippen LogP contribution in [0.15, 0.2) is 235 Å². The number of hydrogen-bond donors (Lipinski definition) is 0. The average Bonchev–Trinajstić information content (AvgIpc) is 0.693. The molecule has 0 aliphatic rings. The molecule has 0 amide bonds. The van der Waals surface area contributed by atoms with E-state index in [1.165, 1.54) is 14.1 Å². The highest BCUT2D eigenvalue weighted by atomic mass is 16.4. The number of aromatic nitrogens is 2. The molecule has 0 unspecified atom stereocenters. The van der Waals surface area contributed by atoms with Gasteiger partial charge in [-0.3, -0.25) is 28.3 Å². The summed E-state index contributed by atoms with van der Waals surface area (Å²) in [6.45, 7) is 0. The van der Waals surface area contributed by atoms with Gasteiger partial charge in [-0.1, -0.05) is 97.1 Å².